The number of benzene rings is 1. The van der Waals surface area contributed by atoms with Crippen LogP contribution in [0.2, 0.25) is 0 Å². The largest absolute Gasteiger partial charge is 0.507 e. The van der Waals surface area contributed by atoms with Crippen LogP contribution in [-0.2, 0) is 6.42 Å². The quantitative estimate of drug-likeness (QED) is 0.567. The molecule has 0 spiro atoms. The van der Waals surface area contributed by atoms with Gasteiger partial charge >= 0.3 is 0 Å². The maximum Gasteiger partial charge on any atom is 0.127 e. The predicted octanol–water partition coefficient (Wildman–Crippen LogP) is 5.74. The van der Waals surface area contributed by atoms with E-state index in [2.05, 4.69) is 6.92 Å². The molecule has 0 saturated heterocycles. The molecule has 2 heteroatoms. The van der Waals surface area contributed by atoms with Crippen molar-refractivity contribution < 1.29 is 16.7 Å². The second kappa shape index (κ2) is 6.22. The highest BCUT2D eigenvalue weighted by molar-refractivity contribution is 5.53. The summed E-state index contributed by atoms with van der Waals surface area (Å²) in [7, 11) is 0. The van der Waals surface area contributed by atoms with Crippen LogP contribution in [0, 0.1) is 5.92 Å². The van der Waals surface area contributed by atoms with E-state index in [1.165, 1.54) is 0 Å². The van der Waals surface area contributed by atoms with Gasteiger partial charge in [0.05, 0.1) is 2.74 Å². The van der Waals surface area contributed by atoms with Crippen molar-refractivity contribution in [1.29, 1.82) is 0 Å². The average molecular weight is 319 g/mol. The number of aromatic hydroxyl groups is 1. The minimum atomic E-state index is -1.56. The van der Waals surface area contributed by atoms with Gasteiger partial charge in [-0.25, -0.2) is 0 Å². The van der Waals surface area contributed by atoms with Crippen LogP contribution in [0.4, 0.5) is 0 Å². The van der Waals surface area contributed by atoms with Gasteiger partial charge in [0.1, 0.15) is 17.1 Å². The normalized spacial score (nSPS) is 33.7. The summed E-state index contributed by atoms with van der Waals surface area (Å²) >= 11 is 0. The van der Waals surface area contributed by atoms with E-state index in [0.29, 0.717) is 17.6 Å². The Labute approximate surface area is 147 Å². The molecule has 1 aromatic carbocycles. The number of unbranched alkanes of at least 4 members (excludes halogenated alkanes) is 2. The summed E-state index contributed by atoms with van der Waals surface area (Å²) in [5.41, 5.74) is 0.147. The Morgan fingerprint density at radius 3 is 2.96 bits per heavy atom. The molecule has 1 aliphatic heterocycles. The number of phenols is 1. The zero-order valence-corrected chi connectivity index (χ0v) is 14.5. The van der Waals surface area contributed by atoms with Gasteiger partial charge < -0.3 is 9.84 Å². The van der Waals surface area contributed by atoms with Gasteiger partial charge in [-0.1, -0.05) is 31.4 Å². The van der Waals surface area contributed by atoms with Crippen molar-refractivity contribution in [3.05, 3.63) is 34.9 Å². The van der Waals surface area contributed by atoms with E-state index < -0.39 is 23.8 Å². The molecule has 2 aliphatic rings. The Morgan fingerprint density at radius 2 is 2.22 bits per heavy atom. The van der Waals surface area contributed by atoms with Gasteiger partial charge in [0, 0.05) is 21.5 Å². The first kappa shape index (κ1) is 11.2. The molecule has 1 N–H and O–H groups in total. The Balaban J connectivity index is 2.25. The molecule has 0 saturated carbocycles. The van der Waals surface area contributed by atoms with Crippen LogP contribution >= 0.6 is 0 Å². The molecular formula is C21H30O2. The van der Waals surface area contributed by atoms with Gasteiger partial charge in [-0.15, -0.1) is 0 Å². The van der Waals surface area contributed by atoms with E-state index in [0.717, 1.165) is 19.3 Å². The summed E-state index contributed by atoms with van der Waals surface area (Å²) < 4.78 is 49.1. The van der Waals surface area contributed by atoms with Crippen molar-refractivity contribution in [3.8, 4) is 11.5 Å². The van der Waals surface area contributed by atoms with E-state index in [-0.39, 0.29) is 35.6 Å². The molecule has 1 aliphatic carbocycles. The Bertz CT molecular complexity index is 831. The molecule has 0 bridgehead atoms. The number of hydrogen-bond acceptors (Lipinski definition) is 2. The molecule has 3 rings (SSSR count). The van der Waals surface area contributed by atoms with Gasteiger partial charge in [0.2, 0.25) is 0 Å². The first-order valence-corrected chi connectivity index (χ1v) is 8.61. The standard InChI is InChI=1S/C21H30O2/c1-5-6-7-8-15-12-18(22)20-16-11-14(2)9-10-17(16)21(3,4)23-19(20)13-15/h11-13,16-17,22H,5-10H2,1-4H3/t16-,17-/m1/s1/i9D2,12D,13D,16D. The lowest BCUT2D eigenvalue weighted by Gasteiger charge is -2.46. The van der Waals surface area contributed by atoms with Crippen molar-refractivity contribution in [2.75, 3.05) is 0 Å². The van der Waals surface area contributed by atoms with Crippen LogP contribution in [0.5, 0.6) is 11.5 Å². The van der Waals surface area contributed by atoms with E-state index >= 15 is 0 Å². The van der Waals surface area contributed by atoms with Crippen LogP contribution < -0.4 is 4.74 Å². The summed E-state index contributed by atoms with van der Waals surface area (Å²) in [6.07, 6.45) is 3.42. The predicted molar refractivity (Wildman–Crippen MR) is 95.3 cm³/mol. The molecule has 0 amide bonds. The van der Waals surface area contributed by atoms with Crippen LogP contribution in [0.15, 0.2) is 23.7 Å². The van der Waals surface area contributed by atoms with Crippen molar-refractivity contribution in [3.63, 3.8) is 0 Å². The Kier molecular flexibility index (Phi) is 3.02. The second-order valence-corrected chi connectivity index (χ2v) is 7.16. The summed E-state index contributed by atoms with van der Waals surface area (Å²) in [6.45, 7) is 7.38. The molecule has 2 nitrogen and oxygen atoms in total. The third kappa shape index (κ3) is 3.13. The molecule has 0 unspecified atom stereocenters. The molecule has 0 fully saturated rings. The molecule has 1 aromatic rings. The van der Waals surface area contributed by atoms with Gasteiger partial charge in [0.25, 0.3) is 0 Å². The number of fused-ring (bicyclic) bond motifs is 3. The maximum absolute atomic E-state index is 10.9. The third-order valence-electron chi connectivity index (χ3n) is 4.85. The third-order valence-corrected chi connectivity index (χ3v) is 4.85. The maximum atomic E-state index is 10.9. The van der Waals surface area contributed by atoms with Gasteiger partial charge in [-0.3, -0.25) is 0 Å². The molecule has 2 atom stereocenters. The van der Waals surface area contributed by atoms with Crippen LogP contribution in [-0.4, -0.2) is 10.7 Å². The number of ether oxygens (including phenoxy) is 1. The number of phenolic OH excluding ortho intramolecular Hbond substituents is 1. The van der Waals surface area contributed by atoms with Crippen molar-refractivity contribution >= 4 is 0 Å². The smallest absolute Gasteiger partial charge is 0.127 e. The molecule has 0 radical (unpaired) electrons. The minimum absolute atomic E-state index is 0.0756. The van der Waals surface area contributed by atoms with Crippen LogP contribution in [0.3, 0.4) is 0 Å². The first-order valence-electron chi connectivity index (χ1n) is 11.1. The first-order chi connectivity index (χ1) is 12.9. The SMILES string of the molecule is [2H]c1c(O)c2c(c([2H])c1CCCCC)OC(C)(C)[C@@H]1CC([2H])([2H])C(C)=C[C@@]21[2H]. The Morgan fingerprint density at radius 1 is 1.43 bits per heavy atom. The molecule has 126 valence electrons. The van der Waals surface area contributed by atoms with Crippen LogP contribution in [0.1, 0.15) is 83.6 Å². The average Bonchev–Trinajstić information content (AvgIpc) is 2.58. The highest BCUT2D eigenvalue weighted by Gasteiger charge is 2.45. The zero-order valence-electron chi connectivity index (χ0n) is 19.5. The highest BCUT2D eigenvalue weighted by atomic mass is 16.5. The van der Waals surface area contributed by atoms with Crippen LogP contribution in [0.25, 0.3) is 0 Å². The lowest BCUT2D eigenvalue weighted by Crippen LogP contribution is -2.45. The van der Waals surface area contributed by atoms with Gasteiger partial charge in [-0.05, 0) is 64.1 Å². The lowest BCUT2D eigenvalue weighted by atomic mass is 9.68. The van der Waals surface area contributed by atoms with Crippen molar-refractivity contribution in [2.24, 2.45) is 5.92 Å². The summed E-state index contributed by atoms with van der Waals surface area (Å²) in [5, 5.41) is 10.9. The van der Waals surface area contributed by atoms with Gasteiger partial charge in [-0.2, -0.15) is 0 Å². The minimum Gasteiger partial charge on any atom is -0.507 e. The van der Waals surface area contributed by atoms with Gasteiger partial charge in [0.15, 0.2) is 0 Å². The fraction of sp³-hybridized carbons (Fsp3) is 0.619. The zero-order chi connectivity index (χ0) is 21.1. The van der Waals surface area contributed by atoms with Crippen molar-refractivity contribution in [2.45, 2.75) is 77.7 Å². The lowest BCUT2D eigenvalue weighted by molar-refractivity contribution is 0.0107. The Hall–Kier alpha value is -1.44. The summed E-state index contributed by atoms with van der Waals surface area (Å²) in [6, 6.07) is -0.0279. The molecule has 23 heavy (non-hydrogen) atoms. The summed E-state index contributed by atoms with van der Waals surface area (Å²) in [5.74, 6) is -2.13. The number of rotatable bonds is 4. The van der Waals surface area contributed by atoms with E-state index in [1.54, 1.807) is 13.0 Å². The fourth-order valence-electron chi connectivity index (χ4n) is 3.52. The molecule has 1 heterocycles. The highest BCUT2D eigenvalue weighted by Crippen LogP contribution is 2.53. The number of hydrogen-bond donors (Lipinski definition) is 1. The number of allylic oxidation sites excluding steroid dienone is 2. The molecular weight excluding hydrogens is 284 g/mol. The molecule has 0 aromatic heterocycles. The topological polar surface area (TPSA) is 29.5 Å². The van der Waals surface area contributed by atoms with Crippen molar-refractivity contribution in [1.82, 2.24) is 0 Å². The summed E-state index contributed by atoms with van der Waals surface area (Å²) in [4.78, 5) is 0. The second-order valence-electron chi connectivity index (χ2n) is 7.16. The van der Waals surface area contributed by atoms with E-state index in [1.807, 2.05) is 13.8 Å². The van der Waals surface area contributed by atoms with E-state index in [9.17, 15) is 6.48 Å². The van der Waals surface area contributed by atoms with E-state index in [4.69, 9.17) is 10.2 Å². The monoisotopic (exact) mass is 319 g/mol. The fourth-order valence-corrected chi connectivity index (χ4v) is 3.52.